The fraction of sp³-hybridized carbons (Fsp3) is 0.0667. The van der Waals surface area contributed by atoms with Gasteiger partial charge < -0.3 is 5.43 Å². The van der Waals surface area contributed by atoms with Crippen molar-refractivity contribution in [3.05, 3.63) is 63.9 Å². The Kier molecular flexibility index (Phi) is 4.29. The zero-order valence-electron chi connectivity index (χ0n) is 11.5. The van der Waals surface area contributed by atoms with Gasteiger partial charge in [-0.1, -0.05) is 29.3 Å². The number of benzene rings is 2. The van der Waals surface area contributed by atoms with E-state index in [2.05, 4.69) is 20.6 Å². The average molecular weight is 334 g/mol. The summed E-state index contributed by atoms with van der Waals surface area (Å²) >= 11 is 12.0. The summed E-state index contributed by atoms with van der Waals surface area (Å²) in [6.07, 6.45) is 2.14. The van der Waals surface area contributed by atoms with Crippen molar-refractivity contribution in [1.29, 1.82) is 0 Å². The van der Waals surface area contributed by atoms with Crippen molar-refractivity contribution < 1.29 is 0 Å². The summed E-state index contributed by atoms with van der Waals surface area (Å²) in [6, 6.07) is 11.4. The highest BCUT2D eigenvalue weighted by molar-refractivity contribution is 6.42. The third-order valence-corrected chi connectivity index (χ3v) is 4.07. The highest BCUT2D eigenvalue weighted by atomic mass is 35.5. The minimum atomic E-state index is 0.535. The van der Waals surface area contributed by atoms with Crippen molar-refractivity contribution >= 4 is 28.9 Å². The molecule has 4 N–H and O–H groups in total. The predicted octanol–water partition coefficient (Wildman–Crippen LogP) is 3.65. The first-order valence-electron chi connectivity index (χ1n) is 6.56. The van der Waals surface area contributed by atoms with E-state index in [4.69, 9.17) is 29.0 Å². The van der Waals surface area contributed by atoms with Gasteiger partial charge in [-0.05, 0) is 47.9 Å². The van der Waals surface area contributed by atoms with E-state index in [9.17, 15) is 0 Å². The molecule has 0 amide bonds. The zero-order chi connectivity index (χ0) is 15.5. The lowest BCUT2D eigenvalue weighted by Gasteiger charge is -2.11. The molecular weight excluding hydrogens is 321 g/mol. The topological polar surface area (TPSA) is 79.6 Å². The van der Waals surface area contributed by atoms with Gasteiger partial charge in [-0.15, -0.1) is 0 Å². The molecule has 3 rings (SSSR count). The number of H-pyrrole nitrogens is 1. The largest absolute Gasteiger partial charge is 0.324 e. The standard InChI is InChI=1S/C15H13Cl2N5/c16-12-3-1-9(6-13(12)17)5-11-7-10(2-4-14(11)21-18)15-19-8-20-22-15/h1-4,6-8,21H,5,18H2,(H,19,20,22). The van der Waals surface area contributed by atoms with Crippen LogP contribution in [-0.4, -0.2) is 15.2 Å². The Morgan fingerprint density at radius 1 is 1.09 bits per heavy atom. The van der Waals surface area contributed by atoms with E-state index in [1.807, 2.05) is 30.3 Å². The molecule has 22 heavy (non-hydrogen) atoms. The molecule has 0 aliphatic carbocycles. The van der Waals surface area contributed by atoms with Crippen LogP contribution >= 0.6 is 23.2 Å². The Balaban J connectivity index is 1.97. The van der Waals surface area contributed by atoms with Crippen LogP contribution < -0.4 is 11.3 Å². The zero-order valence-corrected chi connectivity index (χ0v) is 13.0. The Bertz CT molecular complexity index is 787. The summed E-state index contributed by atoms with van der Waals surface area (Å²) in [5.74, 6) is 6.30. The van der Waals surface area contributed by atoms with Gasteiger partial charge in [0.25, 0.3) is 0 Å². The minimum absolute atomic E-state index is 0.535. The van der Waals surface area contributed by atoms with Gasteiger partial charge in [-0.25, -0.2) is 4.98 Å². The first kappa shape index (κ1) is 14.8. The summed E-state index contributed by atoms with van der Waals surface area (Å²) in [6.45, 7) is 0. The predicted molar refractivity (Wildman–Crippen MR) is 88.9 cm³/mol. The van der Waals surface area contributed by atoms with E-state index in [0.29, 0.717) is 22.3 Å². The molecule has 0 saturated carbocycles. The number of hydrogen-bond acceptors (Lipinski definition) is 4. The van der Waals surface area contributed by atoms with Crippen LogP contribution in [0.15, 0.2) is 42.7 Å². The highest BCUT2D eigenvalue weighted by Crippen LogP contribution is 2.27. The molecule has 112 valence electrons. The molecule has 0 saturated heterocycles. The molecule has 3 aromatic rings. The summed E-state index contributed by atoms with van der Waals surface area (Å²) in [7, 11) is 0. The summed E-state index contributed by atoms with van der Waals surface area (Å²) in [4.78, 5) is 4.16. The van der Waals surface area contributed by atoms with Gasteiger partial charge in [0, 0.05) is 5.56 Å². The monoisotopic (exact) mass is 333 g/mol. The van der Waals surface area contributed by atoms with Gasteiger partial charge in [0.1, 0.15) is 6.33 Å². The minimum Gasteiger partial charge on any atom is -0.324 e. The van der Waals surface area contributed by atoms with Gasteiger partial charge in [0.2, 0.25) is 0 Å². The molecule has 1 aromatic heterocycles. The second kappa shape index (κ2) is 6.36. The second-order valence-electron chi connectivity index (χ2n) is 4.78. The molecule has 0 atom stereocenters. The average Bonchev–Trinajstić information content (AvgIpc) is 3.05. The lowest BCUT2D eigenvalue weighted by atomic mass is 10.0. The van der Waals surface area contributed by atoms with Crippen molar-refractivity contribution in [3.63, 3.8) is 0 Å². The van der Waals surface area contributed by atoms with Crippen LogP contribution in [0.4, 0.5) is 5.69 Å². The van der Waals surface area contributed by atoms with Crippen molar-refractivity contribution in [2.75, 3.05) is 5.43 Å². The van der Waals surface area contributed by atoms with Gasteiger partial charge in [0.05, 0.1) is 15.7 Å². The van der Waals surface area contributed by atoms with Crippen LogP contribution in [0.5, 0.6) is 0 Å². The lowest BCUT2D eigenvalue weighted by molar-refractivity contribution is 1.09. The Morgan fingerprint density at radius 2 is 1.95 bits per heavy atom. The fourth-order valence-corrected chi connectivity index (χ4v) is 2.56. The number of nitrogens with zero attached hydrogens (tertiary/aromatic N) is 2. The number of aromatic nitrogens is 3. The first-order chi connectivity index (χ1) is 10.7. The smallest absolute Gasteiger partial charge is 0.155 e. The van der Waals surface area contributed by atoms with Gasteiger partial charge in [-0.2, -0.15) is 5.10 Å². The summed E-state index contributed by atoms with van der Waals surface area (Å²) < 4.78 is 0. The van der Waals surface area contributed by atoms with E-state index < -0.39 is 0 Å². The number of anilines is 1. The van der Waals surface area contributed by atoms with E-state index in [0.717, 1.165) is 22.4 Å². The summed E-state index contributed by atoms with van der Waals surface area (Å²) in [5, 5.41) is 7.79. The first-order valence-corrected chi connectivity index (χ1v) is 7.32. The van der Waals surface area contributed by atoms with Crippen LogP contribution in [-0.2, 0) is 6.42 Å². The normalized spacial score (nSPS) is 10.7. The van der Waals surface area contributed by atoms with Crippen LogP contribution in [0.25, 0.3) is 11.4 Å². The van der Waals surface area contributed by atoms with Gasteiger partial charge in [0.15, 0.2) is 5.82 Å². The molecule has 5 nitrogen and oxygen atoms in total. The number of nitrogen functional groups attached to an aromatic ring is 1. The van der Waals surface area contributed by atoms with Crippen molar-refractivity contribution in [2.24, 2.45) is 5.84 Å². The number of rotatable bonds is 4. The maximum atomic E-state index is 6.07. The third kappa shape index (κ3) is 3.06. The Morgan fingerprint density at radius 3 is 2.64 bits per heavy atom. The second-order valence-corrected chi connectivity index (χ2v) is 5.59. The van der Waals surface area contributed by atoms with Crippen molar-refractivity contribution in [2.45, 2.75) is 6.42 Å². The number of nitrogens with two attached hydrogens (primary N) is 1. The maximum absolute atomic E-state index is 6.07. The van der Waals surface area contributed by atoms with E-state index >= 15 is 0 Å². The number of nitrogens with one attached hydrogen (secondary N) is 2. The number of halogens is 2. The summed E-state index contributed by atoms with van der Waals surface area (Å²) in [5.41, 5.74) is 6.55. The molecule has 0 bridgehead atoms. The lowest BCUT2D eigenvalue weighted by Crippen LogP contribution is -2.09. The highest BCUT2D eigenvalue weighted by Gasteiger charge is 2.08. The molecule has 0 radical (unpaired) electrons. The molecule has 0 aliphatic rings. The molecule has 0 unspecified atom stereocenters. The molecule has 0 fully saturated rings. The fourth-order valence-electron chi connectivity index (χ4n) is 2.24. The van der Waals surface area contributed by atoms with E-state index in [-0.39, 0.29) is 0 Å². The molecule has 0 spiro atoms. The van der Waals surface area contributed by atoms with Crippen LogP contribution in [0, 0.1) is 0 Å². The Labute approximate surface area is 137 Å². The number of aromatic amines is 1. The third-order valence-electron chi connectivity index (χ3n) is 3.33. The van der Waals surface area contributed by atoms with Crippen molar-refractivity contribution in [3.8, 4) is 11.4 Å². The molecule has 2 aromatic carbocycles. The quantitative estimate of drug-likeness (QED) is 0.503. The molecular formula is C15H13Cl2N5. The van der Waals surface area contributed by atoms with Crippen LogP contribution in [0.1, 0.15) is 11.1 Å². The van der Waals surface area contributed by atoms with Gasteiger partial charge in [-0.3, -0.25) is 10.9 Å². The van der Waals surface area contributed by atoms with Crippen LogP contribution in [0.2, 0.25) is 10.0 Å². The van der Waals surface area contributed by atoms with Crippen LogP contribution in [0.3, 0.4) is 0 Å². The Hall–Kier alpha value is -2.08. The SMILES string of the molecule is NNc1ccc(-c2ncn[nH]2)cc1Cc1ccc(Cl)c(Cl)c1. The van der Waals surface area contributed by atoms with E-state index in [1.54, 1.807) is 6.07 Å². The molecule has 7 heteroatoms. The maximum Gasteiger partial charge on any atom is 0.155 e. The number of hydrazine groups is 1. The van der Waals surface area contributed by atoms with Gasteiger partial charge >= 0.3 is 0 Å². The van der Waals surface area contributed by atoms with E-state index in [1.165, 1.54) is 6.33 Å². The molecule has 1 heterocycles. The molecule has 0 aliphatic heterocycles. The number of hydrogen-bond donors (Lipinski definition) is 3. The van der Waals surface area contributed by atoms with Crippen molar-refractivity contribution in [1.82, 2.24) is 15.2 Å².